The molecule has 0 unspecified atom stereocenters. The predicted molar refractivity (Wildman–Crippen MR) is 58.0 cm³/mol. The molecule has 1 aromatic rings. The SMILES string of the molecule is O=C(O)CC1=CCc2cc(F)c(Br)cc21. The van der Waals surface area contributed by atoms with E-state index in [1.54, 1.807) is 6.07 Å². The van der Waals surface area contributed by atoms with Crippen molar-refractivity contribution >= 4 is 27.5 Å². The van der Waals surface area contributed by atoms with Gasteiger partial charge in [0.15, 0.2) is 0 Å². The summed E-state index contributed by atoms with van der Waals surface area (Å²) in [6.45, 7) is 0. The molecule has 1 N–H and O–H groups in total. The Morgan fingerprint density at radius 1 is 1.53 bits per heavy atom. The molecule has 2 rings (SSSR count). The topological polar surface area (TPSA) is 37.3 Å². The van der Waals surface area contributed by atoms with Crippen LogP contribution in [0, 0.1) is 5.82 Å². The van der Waals surface area contributed by atoms with E-state index in [1.807, 2.05) is 6.08 Å². The average molecular weight is 271 g/mol. The van der Waals surface area contributed by atoms with Crippen molar-refractivity contribution in [2.24, 2.45) is 0 Å². The zero-order valence-corrected chi connectivity index (χ0v) is 9.34. The molecule has 1 aliphatic rings. The minimum absolute atomic E-state index is 0.00886. The van der Waals surface area contributed by atoms with Crippen LogP contribution in [0.15, 0.2) is 22.7 Å². The summed E-state index contributed by atoms with van der Waals surface area (Å²) in [7, 11) is 0. The maximum Gasteiger partial charge on any atom is 0.307 e. The summed E-state index contributed by atoms with van der Waals surface area (Å²) in [5.74, 6) is -1.17. The van der Waals surface area contributed by atoms with Crippen LogP contribution < -0.4 is 0 Å². The Labute approximate surface area is 94.5 Å². The number of benzene rings is 1. The summed E-state index contributed by atoms with van der Waals surface area (Å²) in [6, 6.07) is 3.09. The molecule has 0 amide bonds. The van der Waals surface area contributed by atoms with Crippen molar-refractivity contribution < 1.29 is 14.3 Å². The molecular formula is C11H8BrFO2. The minimum Gasteiger partial charge on any atom is -0.481 e. The fourth-order valence-corrected chi connectivity index (χ4v) is 2.07. The molecule has 1 aromatic carbocycles. The molecule has 4 heteroatoms. The van der Waals surface area contributed by atoms with Crippen LogP contribution in [0.1, 0.15) is 17.5 Å². The summed E-state index contributed by atoms with van der Waals surface area (Å²) in [5, 5.41) is 8.70. The number of hydrogen-bond donors (Lipinski definition) is 1. The normalized spacial score (nSPS) is 13.6. The lowest BCUT2D eigenvalue weighted by Crippen LogP contribution is -1.96. The average Bonchev–Trinajstić information content (AvgIpc) is 2.49. The first kappa shape index (κ1) is 10.4. The van der Waals surface area contributed by atoms with Crippen molar-refractivity contribution in [1.29, 1.82) is 0 Å². The van der Waals surface area contributed by atoms with E-state index < -0.39 is 5.97 Å². The number of halogens is 2. The van der Waals surface area contributed by atoms with E-state index >= 15 is 0 Å². The molecule has 15 heavy (non-hydrogen) atoms. The third kappa shape index (κ3) is 1.95. The number of carboxylic acid groups (broad SMARTS) is 1. The molecule has 0 heterocycles. The van der Waals surface area contributed by atoms with Crippen LogP contribution in [0.25, 0.3) is 5.57 Å². The van der Waals surface area contributed by atoms with Crippen LogP contribution in [-0.4, -0.2) is 11.1 Å². The van der Waals surface area contributed by atoms with Crippen LogP contribution >= 0.6 is 15.9 Å². The molecule has 0 saturated heterocycles. The van der Waals surface area contributed by atoms with Gasteiger partial charge in [0.25, 0.3) is 0 Å². The van der Waals surface area contributed by atoms with Crippen molar-refractivity contribution in [2.75, 3.05) is 0 Å². The summed E-state index contributed by atoms with van der Waals surface area (Å²) in [6.07, 6.45) is 2.44. The Morgan fingerprint density at radius 3 is 2.93 bits per heavy atom. The van der Waals surface area contributed by atoms with Gasteiger partial charge in [-0.1, -0.05) is 6.08 Å². The second kappa shape index (κ2) is 3.77. The van der Waals surface area contributed by atoms with Gasteiger partial charge in [-0.25, -0.2) is 4.39 Å². The van der Waals surface area contributed by atoms with Crippen LogP contribution in [0.3, 0.4) is 0 Å². The lowest BCUT2D eigenvalue weighted by molar-refractivity contribution is -0.135. The number of hydrogen-bond acceptors (Lipinski definition) is 1. The number of carbonyl (C=O) groups is 1. The molecule has 78 valence electrons. The second-order valence-corrected chi connectivity index (χ2v) is 4.28. The van der Waals surface area contributed by atoms with Gasteiger partial charge in [-0.2, -0.15) is 0 Å². The number of carboxylic acids is 1. The largest absolute Gasteiger partial charge is 0.481 e. The molecule has 0 aliphatic heterocycles. The minimum atomic E-state index is -0.866. The van der Waals surface area contributed by atoms with Crippen LogP contribution in [0.4, 0.5) is 4.39 Å². The first-order chi connectivity index (χ1) is 7.08. The maximum atomic E-state index is 13.2. The molecule has 0 radical (unpaired) electrons. The number of rotatable bonds is 2. The molecule has 0 spiro atoms. The fraction of sp³-hybridized carbons (Fsp3) is 0.182. The van der Waals surface area contributed by atoms with Crippen LogP contribution in [-0.2, 0) is 11.2 Å². The zero-order valence-electron chi connectivity index (χ0n) is 7.76. The van der Waals surface area contributed by atoms with E-state index in [-0.39, 0.29) is 12.2 Å². The van der Waals surface area contributed by atoms with Crippen LogP contribution in [0.2, 0.25) is 0 Å². The van der Waals surface area contributed by atoms with Gasteiger partial charge in [0.05, 0.1) is 10.9 Å². The molecule has 0 atom stereocenters. The first-order valence-corrected chi connectivity index (χ1v) is 5.26. The van der Waals surface area contributed by atoms with E-state index in [0.717, 1.165) is 16.7 Å². The van der Waals surface area contributed by atoms with Gasteiger partial charge >= 0.3 is 5.97 Å². The molecule has 0 saturated carbocycles. The van der Waals surface area contributed by atoms with E-state index in [2.05, 4.69) is 15.9 Å². The molecule has 1 aliphatic carbocycles. The molecule has 0 fully saturated rings. The lowest BCUT2D eigenvalue weighted by atomic mass is 10.0. The van der Waals surface area contributed by atoms with E-state index in [0.29, 0.717) is 10.9 Å². The van der Waals surface area contributed by atoms with Gasteiger partial charge in [0.1, 0.15) is 5.82 Å². The zero-order chi connectivity index (χ0) is 11.0. The second-order valence-electron chi connectivity index (χ2n) is 3.43. The molecule has 2 nitrogen and oxygen atoms in total. The first-order valence-electron chi connectivity index (χ1n) is 4.47. The highest BCUT2D eigenvalue weighted by Crippen LogP contribution is 2.33. The summed E-state index contributed by atoms with van der Waals surface area (Å²) in [4.78, 5) is 10.6. The predicted octanol–water partition coefficient (Wildman–Crippen LogP) is 3.00. The summed E-state index contributed by atoms with van der Waals surface area (Å²) < 4.78 is 13.6. The third-order valence-corrected chi connectivity index (χ3v) is 3.01. The monoisotopic (exact) mass is 270 g/mol. The summed E-state index contributed by atoms with van der Waals surface area (Å²) in [5.41, 5.74) is 2.45. The smallest absolute Gasteiger partial charge is 0.307 e. The standard InChI is InChI=1S/C11H8BrFO2/c12-9-5-8-6(3-10(9)13)1-2-7(8)4-11(14)15/h2-3,5H,1,4H2,(H,14,15). The van der Waals surface area contributed by atoms with Gasteiger partial charge in [-0.3, -0.25) is 4.79 Å². The lowest BCUT2D eigenvalue weighted by Gasteiger charge is -2.05. The van der Waals surface area contributed by atoms with Gasteiger partial charge in [0.2, 0.25) is 0 Å². The van der Waals surface area contributed by atoms with Crippen molar-refractivity contribution in [1.82, 2.24) is 0 Å². The van der Waals surface area contributed by atoms with Gasteiger partial charge in [-0.05, 0) is 51.2 Å². The number of fused-ring (bicyclic) bond motifs is 1. The summed E-state index contributed by atoms with van der Waals surface area (Å²) >= 11 is 3.09. The maximum absolute atomic E-state index is 13.2. The fourth-order valence-electron chi connectivity index (χ4n) is 1.73. The van der Waals surface area contributed by atoms with E-state index in [1.165, 1.54) is 6.07 Å². The highest BCUT2D eigenvalue weighted by Gasteiger charge is 2.18. The quantitative estimate of drug-likeness (QED) is 0.897. The number of aliphatic carboxylic acids is 1. The Bertz CT molecular complexity index is 466. The number of allylic oxidation sites excluding steroid dienone is 1. The highest BCUT2D eigenvalue weighted by atomic mass is 79.9. The Morgan fingerprint density at radius 2 is 2.27 bits per heavy atom. The highest BCUT2D eigenvalue weighted by molar-refractivity contribution is 9.10. The molecule has 0 aromatic heterocycles. The van der Waals surface area contributed by atoms with Gasteiger partial charge < -0.3 is 5.11 Å². The molecule has 0 bridgehead atoms. The van der Waals surface area contributed by atoms with Crippen molar-refractivity contribution in [3.05, 3.63) is 39.6 Å². The molecular weight excluding hydrogens is 263 g/mol. The van der Waals surface area contributed by atoms with Crippen molar-refractivity contribution in [3.8, 4) is 0 Å². The van der Waals surface area contributed by atoms with E-state index in [4.69, 9.17) is 5.11 Å². The van der Waals surface area contributed by atoms with Crippen LogP contribution in [0.5, 0.6) is 0 Å². The Hall–Kier alpha value is -1.16. The van der Waals surface area contributed by atoms with Gasteiger partial charge in [0, 0.05) is 0 Å². The van der Waals surface area contributed by atoms with Crippen molar-refractivity contribution in [3.63, 3.8) is 0 Å². The van der Waals surface area contributed by atoms with Gasteiger partial charge in [-0.15, -0.1) is 0 Å². The Balaban J connectivity index is 2.39. The third-order valence-electron chi connectivity index (χ3n) is 2.40. The Kier molecular flexibility index (Phi) is 2.61. The van der Waals surface area contributed by atoms with E-state index in [9.17, 15) is 9.18 Å². The van der Waals surface area contributed by atoms with Crippen molar-refractivity contribution in [2.45, 2.75) is 12.8 Å².